The van der Waals surface area contributed by atoms with Crippen molar-refractivity contribution in [1.82, 2.24) is 15.2 Å². The Bertz CT molecular complexity index is 1360. The zero-order valence-electron chi connectivity index (χ0n) is 21.2. The Morgan fingerprint density at radius 1 is 1.11 bits per heavy atom. The van der Waals surface area contributed by atoms with Gasteiger partial charge >= 0.3 is 0 Å². The third-order valence-electron chi connectivity index (χ3n) is 7.05. The van der Waals surface area contributed by atoms with Crippen LogP contribution >= 0.6 is 0 Å². The number of benzene rings is 2. The van der Waals surface area contributed by atoms with Crippen LogP contribution in [0.4, 0.5) is 5.69 Å². The number of aryl methyl sites for hydroxylation is 1. The van der Waals surface area contributed by atoms with E-state index < -0.39 is 0 Å². The summed E-state index contributed by atoms with van der Waals surface area (Å²) in [7, 11) is 0. The highest BCUT2D eigenvalue weighted by Crippen LogP contribution is 2.41. The molecule has 3 aromatic rings. The number of hydrogen-bond acceptors (Lipinski definition) is 3. The van der Waals surface area contributed by atoms with Crippen molar-refractivity contribution in [3.63, 3.8) is 0 Å². The lowest BCUT2D eigenvalue weighted by Crippen LogP contribution is -2.56. The van der Waals surface area contributed by atoms with Crippen LogP contribution in [-0.2, 0) is 11.2 Å². The van der Waals surface area contributed by atoms with Gasteiger partial charge in [-0.1, -0.05) is 19.1 Å². The molecule has 36 heavy (non-hydrogen) atoms. The van der Waals surface area contributed by atoms with Crippen LogP contribution in [-0.4, -0.2) is 52.0 Å². The molecule has 2 aliphatic rings. The van der Waals surface area contributed by atoms with Crippen molar-refractivity contribution in [3.05, 3.63) is 70.5 Å². The monoisotopic (exact) mass is 485 g/mol. The zero-order valence-corrected chi connectivity index (χ0v) is 21.2. The number of rotatable bonds is 4. The number of aromatic amines is 1. The van der Waals surface area contributed by atoms with E-state index >= 15 is 0 Å². The van der Waals surface area contributed by atoms with Gasteiger partial charge in [-0.2, -0.15) is 0 Å². The lowest BCUT2D eigenvalue weighted by atomic mass is 9.93. The Morgan fingerprint density at radius 2 is 1.81 bits per heavy atom. The fourth-order valence-corrected chi connectivity index (χ4v) is 5.55. The molecule has 0 bridgehead atoms. The first kappa shape index (κ1) is 23.9. The van der Waals surface area contributed by atoms with Gasteiger partial charge in [-0.25, -0.2) is 0 Å². The van der Waals surface area contributed by atoms with E-state index in [9.17, 15) is 9.59 Å². The molecule has 3 heterocycles. The second-order valence-electron chi connectivity index (χ2n) is 9.87. The van der Waals surface area contributed by atoms with Crippen LogP contribution in [0, 0.1) is 6.92 Å². The Kier molecular flexibility index (Phi) is 6.18. The van der Waals surface area contributed by atoms with Gasteiger partial charge in [-0.05, 0) is 68.2 Å². The van der Waals surface area contributed by atoms with Crippen LogP contribution in [0.3, 0.4) is 0 Å². The first-order valence-electron chi connectivity index (χ1n) is 12.5. The Hall–Kier alpha value is -3.84. The summed E-state index contributed by atoms with van der Waals surface area (Å²) in [6.07, 6.45) is 2.55. The molecule has 0 spiro atoms. The maximum absolute atomic E-state index is 13.6. The average molecular weight is 486 g/mol. The number of H-pyrrole nitrogens is 1. The Balaban J connectivity index is 1.58. The number of carbonyl (C=O) groups excluding carboxylic acids is 2. The molecule has 2 atom stereocenters. The summed E-state index contributed by atoms with van der Waals surface area (Å²) >= 11 is 0. The van der Waals surface area contributed by atoms with Crippen molar-refractivity contribution in [1.29, 1.82) is 0 Å². The SMILES string of the molecule is CCc1c(/C=C2\C(=O)Nc3cccc(-c4ccc([OH2+])cc4)c32)[nH]c(C)c1C(=O)N1C[C@@H](C)N[C@@H](C)C1. The molecule has 0 saturated carbocycles. The second kappa shape index (κ2) is 9.32. The molecule has 1 aromatic heterocycles. The highest BCUT2D eigenvalue weighted by molar-refractivity contribution is 6.36. The molecule has 0 radical (unpaired) electrons. The number of carbonyl (C=O) groups is 2. The van der Waals surface area contributed by atoms with Crippen molar-refractivity contribution in [2.45, 2.75) is 46.2 Å². The van der Waals surface area contributed by atoms with E-state index in [2.05, 4.69) is 29.5 Å². The molecule has 5 rings (SSSR count). The minimum absolute atomic E-state index is 0.0397. The molecule has 7 heteroatoms. The number of hydrogen-bond donors (Lipinski definition) is 3. The van der Waals surface area contributed by atoms with Gasteiger partial charge in [-0.3, -0.25) is 9.59 Å². The number of anilines is 1. The number of nitrogens with zero attached hydrogens (tertiary/aromatic N) is 1. The van der Waals surface area contributed by atoms with Gasteiger partial charge < -0.3 is 25.6 Å². The largest absolute Gasteiger partial charge is 0.593 e. The van der Waals surface area contributed by atoms with Crippen LogP contribution in [0.25, 0.3) is 22.8 Å². The van der Waals surface area contributed by atoms with Crippen molar-refractivity contribution < 1.29 is 14.7 Å². The molecular weight excluding hydrogens is 452 g/mol. The lowest BCUT2D eigenvalue weighted by Gasteiger charge is -2.36. The third kappa shape index (κ3) is 4.20. The van der Waals surface area contributed by atoms with Gasteiger partial charge in [0.25, 0.3) is 17.6 Å². The highest BCUT2D eigenvalue weighted by Gasteiger charge is 2.31. The first-order chi connectivity index (χ1) is 17.3. The van der Waals surface area contributed by atoms with Crippen molar-refractivity contribution in [2.24, 2.45) is 0 Å². The topological polar surface area (TPSA) is 100 Å². The quantitative estimate of drug-likeness (QED) is 0.379. The van der Waals surface area contributed by atoms with Crippen molar-refractivity contribution >= 4 is 29.2 Å². The Labute approximate surface area is 211 Å². The highest BCUT2D eigenvalue weighted by atomic mass is 16.3. The van der Waals surface area contributed by atoms with E-state index in [0.717, 1.165) is 39.3 Å². The van der Waals surface area contributed by atoms with Gasteiger partial charge in [-0.15, -0.1) is 0 Å². The molecular formula is C29H33N4O3+. The molecule has 2 amide bonds. The van der Waals surface area contributed by atoms with E-state index in [1.54, 1.807) is 12.1 Å². The fraction of sp³-hybridized carbons (Fsp3) is 0.310. The van der Waals surface area contributed by atoms with Crippen LogP contribution in [0.5, 0.6) is 5.75 Å². The van der Waals surface area contributed by atoms with Crippen LogP contribution in [0.2, 0.25) is 0 Å². The Morgan fingerprint density at radius 3 is 2.47 bits per heavy atom. The summed E-state index contributed by atoms with van der Waals surface area (Å²) in [6, 6.07) is 13.6. The minimum Gasteiger partial charge on any atom is -0.593 e. The molecule has 7 nitrogen and oxygen atoms in total. The number of aromatic nitrogens is 1. The van der Waals surface area contributed by atoms with Crippen LogP contribution in [0.1, 0.15) is 53.6 Å². The number of fused-ring (bicyclic) bond motifs is 1. The van der Waals surface area contributed by atoms with E-state index in [-0.39, 0.29) is 23.9 Å². The maximum Gasteiger partial charge on any atom is 0.256 e. The maximum atomic E-state index is 13.6. The van der Waals surface area contributed by atoms with E-state index in [0.29, 0.717) is 36.4 Å². The normalized spacial score (nSPS) is 20.5. The van der Waals surface area contributed by atoms with Gasteiger partial charge in [0.05, 0.1) is 11.1 Å². The number of amides is 2. The summed E-state index contributed by atoms with van der Waals surface area (Å²) in [4.78, 5) is 32.1. The van der Waals surface area contributed by atoms with Gasteiger partial charge in [0, 0.05) is 59.9 Å². The zero-order chi connectivity index (χ0) is 25.6. The van der Waals surface area contributed by atoms with Crippen molar-refractivity contribution in [2.75, 3.05) is 18.4 Å². The number of piperazine rings is 1. The molecule has 1 fully saturated rings. The standard InChI is InChI=1S/C29H32N4O3/c1-5-21-25(31-18(4)26(21)29(36)33-14-16(2)30-17(3)15-33)13-23-27-22(19-9-11-20(34)12-10-19)7-6-8-24(27)32-28(23)35/h6-13,16-17,30-31,34H,5,14-15H2,1-4H3,(H,32,35)/p+1/b23-13-/t16-,17+. The predicted molar refractivity (Wildman–Crippen MR) is 144 cm³/mol. The van der Waals surface area contributed by atoms with E-state index in [4.69, 9.17) is 5.11 Å². The average Bonchev–Trinajstić information content (AvgIpc) is 3.33. The van der Waals surface area contributed by atoms with Gasteiger partial charge in [0.2, 0.25) is 0 Å². The summed E-state index contributed by atoms with van der Waals surface area (Å²) in [6.45, 7) is 9.51. The van der Waals surface area contributed by atoms with Crippen LogP contribution < -0.4 is 10.6 Å². The molecule has 186 valence electrons. The fourth-order valence-electron chi connectivity index (χ4n) is 5.55. The smallest absolute Gasteiger partial charge is 0.256 e. The summed E-state index contributed by atoms with van der Waals surface area (Å²) in [5.74, 6) is 0.315. The molecule has 2 aliphatic heterocycles. The third-order valence-corrected chi connectivity index (χ3v) is 7.05. The lowest BCUT2D eigenvalue weighted by molar-refractivity contribution is -0.110. The van der Waals surface area contributed by atoms with Crippen LogP contribution in [0.15, 0.2) is 42.5 Å². The molecule has 0 aliphatic carbocycles. The molecule has 5 N–H and O–H groups in total. The molecule has 2 aromatic carbocycles. The molecule has 1 saturated heterocycles. The molecule has 0 unspecified atom stereocenters. The first-order valence-corrected chi connectivity index (χ1v) is 12.5. The summed E-state index contributed by atoms with van der Waals surface area (Å²) < 4.78 is 0. The second-order valence-corrected chi connectivity index (χ2v) is 9.87. The number of nitrogens with one attached hydrogen (secondary N) is 3. The minimum atomic E-state index is -0.165. The predicted octanol–water partition coefficient (Wildman–Crippen LogP) is 4.31. The van der Waals surface area contributed by atoms with Crippen molar-refractivity contribution in [3.8, 4) is 16.9 Å². The van der Waals surface area contributed by atoms with E-state index in [1.807, 2.05) is 55.2 Å². The van der Waals surface area contributed by atoms with E-state index in [1.165, 1.54) is 0 Å². The van der Waals surface area contributed by atoms with Gasteiger partial charge in [0.1, 0.15) is 0 Å². The summed E-state index contributed by atoms with van der Waals surface area (Å²) in [5.41, 5.74) is 7.30. The summed E-state index contributed by atoms with van der Waals surface area (Å²) in [5, 5.41) is 14.3. The van der Waals surface area contributed by atoms with Gasteiger partial charge in [0.15, 0.2) is 0 Å².